The van der Waals surface area contributed by atoms with Crippen LogP contribution in [0.3, 0.4) is 0 Å². The minimum Gasteiger partial charge on any atom is -0.289 e. The third-order valence-electron chi connectivity index (χ3n) is 2.53. The van der Waals surface area contributed by atoms with E-state index in [1.807, 2.05) is 18.2 Å². The van der Waals surface area contributed by atoms with Crippen molar-refractivity contribution in [2.45, 2.75) is 19.1 Å². The normalized spacial score (nSPS) is 21.1. The first kappa shape index (κ1) is 8.63. The van der Waals surface area contributed by atoms with E-state index in [9.17, 15) is 4.39 Å². The highest BCUT2D eigenvalue weighted by atomic mass is 19.1. The smallest absolute Gasteiger partial charge is 0.125 e. The summed E-state index contributed by atoms with van der Waals surface area (Å²) in [6.45, 7) is 3.17. The van der Waals surface area contributed by atoms with Crippen LogP contribution in [-0.2, 0) is 0 Å². The molecular formula is C10H13FN2. The third kappa shape index (κ3) is 1.70. The lowest BCUT2D eigenvalue weighted by molar-refractivity contribution is 0.0317. The average Bonchev–Trinajstić information content (AvgIpc) is 2.13. The van der Waals surface area contributed by atoms with Crippen molar-refractivity contribution >= 4 is 0 Å². The van der Waals surface area contributed by atoms with Gasteiger partial charge >= 0.3 is 0 Å². The minimum atomic E-state index is -0.633. The summed E-state index contributed by atoms with van der Waals surface area (Å²) in [5, 5.41) is 0. The summed E-state index contributed by atoms with van der Waals surface area (Å²) in [6, 6.07) is 6.08. The number of hydrogen-bond donors (Lipinski definition) is 0. The van der Waals surface area contributed by atoms with Crippen LogP contribution in [0.2, 0.25) is 0 Å². The Labute approximate surface area is 77.4 Å². The fourth-order valence-corrected chi connectivity index (χ4v) is 1.58. The summed E-state index contributed by atoms with van der Waals surface area (Å²) in [5.41, 5.74) is 1.02. The fraction of sp³-hybridized carbons (Fsp3) is 0.500. The Bertz CT molecular complexity index is 270. The molecule has 2 rings (SSSR count). The molecule has 0 aliphatic carbocycles. The van der Waals surface area contributed by atoms with Crippen molar-refractivity contribution in [3.05, 3.63) is 30.1 Å². The zero-order valence-electron chi connectivity index (χ0n) is 7.65. The molecule has 0 radical (unpaired) electrons. The molecular weight excluding hydrogens is 167 g/mol. The van der Waals surface area contributed by atoms with Gasteiger partial charge in [-0.25, -0.2) is 4.39 Å². The molecule has 13 heavy (non-hydrogen) atoms. The maximum atomic E-state index is 12.6. The summed E-state index contributed by atoms with van der Waals surface area (Å²) < 4.78 is 12.6. The molecule has 0 spiro atoms. The largest absolute Gasteiger partial charge is 0.289 e. The van der Waals surface area contributed by atoms with Crippen molar-refractivity contribution in [2.24, 2.45) is 0 Å². The van der Waals surface area contributed by atoms with Crippen LogP contribution in [0.5, 0.6) is 0 Å². The number of nitrogens with zero attached hydrogens (tertiary/aromatic N) is 2. The first-order valence-electron chi connectivity index (χ1n) is 4.56. The highest BCUT2D eigenvalue weighted by Crippen LogP contribution is 2.24. The van der Waals surface area contributed by atoms with E-state index in [-0.39, 0.29) is 6.04 Å². The van der Waals surface area contributed by atoms with Gasteiger partial charge in [0.2, 0.25) is 0 Å². The molecule has 70 valence electrons. The van der Waals surface area contributed by atoms with Crippen LogP contribution in [0.15, 0.2) is 24.4 Å². The van der Waals surface area contributed by atoms with Crippen LogP contribution in [0.25, 0.3) is 0 Å². The molecule has 0 saturated carbocycles. The number of pyridine rings is 1. The fourth-order valence-electron chi connectivity index (χ4n) is 1.58. The molecule has 0 amide bonds. The van der Waals surface area contributed by atoms with Gasteiger partial charge in [-0.2, -0.15) is 0 Å². The lowest BCUT2D eigenvalue weighted by atomic mass is 10.1. The molecule has 1 unspecified atom stereocenters. The Morgan fingerprint density at radius 1 is 1.54 bits per heavy atom. The number of halogens is 1. The third-order valence-corrected chi connectivity index (χ3v) is 2.53. The van der Waals surface area contributed by atoms with Gasteiger partial charge in [0.05, 0.1) is 5.69 Å². The van der Waals surface area contributed by atoms with Crippen molar-refractivity contribution in [2.75, 3.05) is 13.1 Å². The molecule has 1 saturated heterocycles. The van der Waals surface area contributed by atoms with Crippen molar-refractivity contribution in [3.8, 4) is 0 Å². The van der Waals surface area contributed by atoms with Crippen LogP contribution < -0.4 is 0 Å². The highest BCUT2D eigenvalue weighted by molar-refractivity contribution is 5.09. The molecule has 2 heterocycles. The lowest BCUT2D eigenvalue weighted by Crippen LogP contribution is -2.49. The van der Waals surface area contributed by atoms with E-state index in [4.69, 9.17) is 0 Å². The molecule has 1 atom stereocenters. The first-order chi connectivity index (χ1) is 6.27. The predicted octanol–water partition coefficient (Wildman–Crippen LogP) is 1.80. The Morgan fingerprint density at radius 3 is 2.85 bits per heavy atom. The van der Waals surface area contributed by atoms with E-state index in [0.29, 0.717) is 13.1 Å². The SMILES string of the molecule is CC(c1ccccn1)N1CC(F)C1. The summed E-state index contributed by atoms with van der Waals surface area (Å²) in [6.07, 6.45) is 1.14. The number of rotatable bonds is 2. The summed E-state index contributed by atoms with van der Waals surface area (Å²) >= 11 is 0. The van der Waals surface area contributed by atoms with E-state index >= 15 is 0 Å². The van der Waals surface area contributed by atoms with Crippen molar-refractivity contribution in [1.29, 1.82) is 0 Å². The van der Waals surface area contributed by atoms with Crippen molar-refractivity contribution in [3.63, 3.8) is 0 Å². The second-order valence-electron chi connectivity index (χ2n) is 3.48. The topological polar surface area (TPSA) is 16.1 Å². The van der Waals surface area contributed by atoms with E-state index < -0.39 is 6.17 Å². The molecule has 2 nitrogen and oxygen atoms in total. The van der Waals surface area contributed by atoms with Crippen LogP contribution in [-0.4, -0.2) is 29.1 Å². The van der Waals surface area contributed by atoms with E-state index in [0.717, 1.165) is 5.69 Å². The quantitative estimate of drug-likeness (QED) is 0.689. The number of hydrogen-bond acceptors (Lipinski definition) is 2. The standard InChI is InChI=1S/C10H13FN2/c1-8(13-6-9(11)7-13)10-4-2-3-5-12-10/h2-5,8-9H,6-7H2,1H3. The van der Waals surface area contributed by atoms with Crippen LogP contribution >= 0.6 is 0 Å². The van der Waals surface area contributed by atoms with Gasteiger partial charge in [-0.15, -0.1) is 0 Å². The molecule has 1 fully saturated rings. The van der Waals surface area contributed by atoms with E-state index in [1.54, 1.807) is 6.20 Å². The van der Waals surface area contributed by atoms with Gasteiger partial charge in [0.25, 0.3) is 0 Å². The maximum Gasteiger partial charge on any atom is 0.125 e. The lowest BCUT2D eigenvalue weighted by Gasteiger charge is -2.38. The first-order valence-corrected chi connectivity index (χ1v) is 4.56. The highest BCUT2D eigenvalue weighted by Gasteiger charge is 2.30. The second kappa shape index (κ2) is 3.42. The molecule has 0 aromatic carbocycles. The number of aromatic nitrogens is 1. The van der Waals surface area contributed by atoms with E-state index in [1.165, 1.54) is 0 Å². The van der Waals surface area contributed by atoms with Gasteiger partial charge in [-0.05, 0) is 19.1 Å². The Hall–Kier alpha value is -0.960. The monoisotopic (exact) mass is 180 g/mol. The van der Waals surface area contributed by atoms with Gasteiger partial charge in [-0.3, -0.25) is 9.88 Å². The van der Waals surface area contributed by atoms with E-state index in [2.05, 4.69) is 16.8 Å². The van der Waals surface area contributed by atoms with Gasteiger partial charge < -0.3 is 0 Å². The Kier molecular flexibility index (Phi) is 2.27. The molecule has 1 aliphatic heterocycles. The molecule has 3 heteroatoms. The van der Waals surface area contributed by atoms with Crippen LogP contribution in [0, 0.1) is 0 Å². The molecule has 1 aliphatic rings. The average molecular weight is 180 g/mol. The predicted molar refractivity (Wildman–Crippen MR) is 49.1 cm³/mol. The zero-order chi connectivity index (χ0) is 9.26. The second-order valence-corrected chi connectivity index (χ2v) is 3.48. The number of likely N-dealkylation sites (tertiary alicyclic amines) is 1. The maximum absolute atomic E-state index is 12.6. The van der Waals surface area contributed by atoms with Crippen molar-refractivity contribution in [1.82, 2.24) is 9.88 Å². The molecule has 1 aromatic rings. The van der Waals surface area contributed by atoms with Crippen LogP contribution in [0.1, 0.15) is 18.7 Å². The molecule has 0 N–H and O–H groups in total. The van der Waals surface area contributed by atoms with Crippen molar-refractivity contribution < 1.29 is 4.39 Å². The van der Waals surface area contributed by atoms with Gasteiger partial charge in [0.1, 0.15) is 6.17 Å². The summed E-state index contributed by atoms with van der Waals surface area (Å²) in [5.74, 6) is 0. The van der Waals surface area contributed by atoms with Gasteiger partial charge in [0.15, 0.2) is 0 Å². The summed E-state index contributed by atoms with van der Waals surface area (Å²) in [7, 11) is 0. The van der Waals surface area contributed by atoms with Gasteiger partial charge in [0, 0.05) is 25.3 Å². The summed E-state index contributed by atoms with van der Waals surface area (Å²) in [4.78, 5) is 6.33. The van der Waals surface area contributed by atoms with Gasteiger partial charge in [-0.1, -0.05) is 6.07 Å². The Balaban J connectivity index is 2.02. The van der Waals surface area contributed by atoms with Crippen LogP contribution in [0.4, 0.5) is 4.39 Å². The zero-order valence-corrected chi connectivity index (χ0v) is 7.65. The Morgan fingerprint density at radius 2 is 2.31 bits per heavy atom. The minimum absolute atomic E-state index is 0.244. The molecule has 1 aromatic heterocycles. The number of alkyl halides is 1. The molecule has 0 bridgehead atoms.